The Morgan fingerprint density at radius 2 is 0.939 bits per heavy atom. The van der Waals surface area contributed by atoms with E-state index in [1.807, 2.05) is 0 Å². The van der Waals surface area contributed by atoms with Crippen LogP contribution in [0.15, 0.2) is 100 Å². The van der Waals surface area contributed by atoms with Crippen LogP contribution in [0.25, 0.3) is 30.4 Å². The highest BCUT2D eigenvalue weighted by Crippen LogP contribution is 2.28. The molecule has 252 valence electrons. The summed E-state index contributed by atoms with van der Waals surface area (Å²) in [6.45, 7) is 3.14. The van der Waals surface area contributed by atoms with Crippen molar-refractivity contribution in [3.8, 4) is 46.0 Å². The van der Waals surface area contributed by atoms with Crippen molar-refractivity contribution in [2.24, 2.45) is 0 Å². The highest BCUT2D eigenvalue weighted by molar-refractivity contribution is 5.91. The first kappa shape index (κ1) is 36.6. The van der Waals surface area contributed by atoms with Crippen LogP contribution in [-0.4, -0.2) is 46.6 Å². The van der Waals surface area contributed by atoms with Gasteiger partial charge in [0.15, 0.2) is 45.7 Å². The van der Waals surface area contributed by atoms with E-state index in [1.165, 1.54) is 79.7 Å². The van der Waals surface area contributed by atoms with E-state index >= 15 is 0 Å². The van der Waals surface area contributed by atoms with Crippen molar-refractivity contribution in [3.05, 3.63) is 135 Å². The van der Waals surface area contributed by atoms with E-state index in [-0.39, 0.29) is 57.2 Å². The molecule has 0 aliphatic rings. The van der Waals surface area contributed by atoms with Gasteiger partial charge < -0.3 is 45.3 Å². The zero-order valence-electron chi connectivity index (χ0n) is 26.3. The van der Waals surface area contributed by atoms with Gasteiger partial charge in [-0.1, -0.05) is 42.5 Å². The Kier molecular flexibility index (Phi) is 12.8. The molecule has 0 bridgehead atoms. The topological polar surface area (TPSA) is 209 Å². The molecule has 11 nitrogen and oxygen atoms in total. The molecule has 0 amide bonds. The maximum atomic E-state index is 11.3. The molecule has 0 spiro atoms. The number of carbonyl (C=O) groups is 1. The predicted molar refractivity (Wildman–Crippen MR) is 186 cm³/mol. The second-order valence-corrected chi connectivity index (χ2v) is 10.4. The number of rotatable bonds is 6. The Balaban J connectivity index is 0.000000202. The third kappa shape index (κ3) is 12.4. The Hall–Kier alpha value is -6.88. The normalized spacial score (nSPS) is 10.8. The Morgan fingerprint density at radius 3 is 1.37 bits per heavy atom. The summed E-state index contributed by atoms with van der Waals surface area (Å²) in [7, 11) is 0. The average molecular weight is 667 g/mol. The van der Waals surface area contributed by atoms with Crippen molar-refractivity contribution in [1.29, 1.82) is 0 Å². The third-order valence-corrected chi connectivity index (χ3v) is 6.25. The largest absolute Gasteiger partial charge is 0.508 e. The smallest absolute Gasteiger partial charge is 0.185 e. The van der Waals surface area contributed by atoms with Crippen molar-refractivity contribution >= 4 is 36.2 Å². The van der Waals surface area contributed by atoms with Crippen LogP contribution in [0.1, 0.15) is 40.7 Å². The molecule has 1 heterocycles. The molecule has 4 aromatic carbocycles. The second kappa shape index (κ2) is 17.2. The second-order valence-electron chi connectivity index (χ2n) is 10.4. The minimum atomic E-state index is -0.198. The fraction of sp³-hybridized carbons (Fsp3) is 0.0526. The fourth-order valence-electron chi connectivity index (χ4n) is 3.94. The standard InChI is InChI=1S/2C14H12O4.C10H10O3/c1-9-6-11(15)8-12(18-9)4-2-10-3-5-13(16)14(17)7-10;15-11-5-10(6-12(16)8-11)2-1-9-3-4-13(17)14(18)7-9;1-7(11)2-3-8-4-5-9(12)10(13)6-8/h2-8,16-17H,1H3;1-8,15-18H;2-6,12-13H,1H3/b4-2+;2-1+;3-2+. The van der Waals surface area contributed by atoms with Crippen molar-refractivity contribution < 1.29 is 50.1 Å². The molecule has 0 atom stereocenters. The summed E-state index contributed by atoms with van der Waals surface area (Å²) < 4.78 is 5.34. The van der Waals surface area contributed by atoms with Crippen molar-refractivity contribution in [3.63, 3.8) is 0 Å². The van der Waals surface area contributed by atoms with Gasteiger partial charge in [0.25, 0.3) is 0 Å². The zero-order valence-corrected chi connectivity index (χ0v) is 26.3. The van der Waals surface area contributed by atoms with E-state index in [1.54, 1.807) is 55.5 Å². The van der Waals surface area contributed by atoms with E-state index in [0.717, 1.165) is 0 Å². The molecule has 5 aromatic rings. The first-order chi connectivity index (χ1) is 23.2. The summed E-state index contributed by atoms with van der Waals surface area (Å²) in [6, 6.07) is 20.3. The van der Waals surface area contributed by atoms with Crippen molar-refractivity contribution in [1.82, 2.24) is 0 Å². The number of aromatic hydroxyl groups is 8. The summed E-state index contributed by atoms with van der Waals surface area (Å²) in [6.07, 6.45) is 9.63. The molecule has 1 aromatic heterocycles. The van der Waals surface area contributed by atoms with Crippen LogP contribution in [0, 0.1) is 6.92 Å². The van der Waals surface area contributed by atoms with Crippen molar-refractivity contribution in [2.75, 3.05) is 0 Å². The molecule has 0 aliphatic carbocycles. The Morgan fingerprint density at radius 1 is 0.510 bits per heavy atom. The van der Waals surface area contributed by atoms with Gasteiger partial charge in [0, 0.05) is 18.2 Å². The summed E-state index contributed by atoms with van der Waals surface area (Å²) in [5, 5.41) is 73.7. The van der Waals surface area contributed by atoms with E-state index < -0.39 is 0 Å². The lowest BCUT2D eigenvalue weighted by Crippen LogP contribution is -1.97. The van der Waals surface area contributed by atoms with E-state index in [0.29, 0.717) is 33.8 Å². The van der Waals surface area contributed by atoms with E-state index in [2.05, 4.69) is 0 Å². The lowest BCUT2D eigenvalue weighted by molar-refractivity contribution is -0.112. The summed E-state index contributed by atoms with van der Waals surface area (Å²) in [4.78, 5) is 21.8. The van der Waals surface area contributed by atoms with Crippen LogP contribution in [-0.2, 0) is 4.79 Å². The predicted octanol–water partition coefficient (Wildman–Crippen LogP) is 6.91. The molecule has 0 radical (unpaired) electrons. The molecule has 0 saturated carbocycles. The van der Waals surface area contributed by atoms with Gasteiger partial charge in [0.1, 0.15) is 23.0 Å². The number of phenolic OH excluding ortho intramolecular Hbond substituents is 8. The van der Waals surface area contributed by atoms with Gasteiger partial charge in [-0.15, -0.1) is 0 Å². The minimum absolute atomic E-state index is 0.0248. The molecular weight excluding hydrogens is 632 g/mol. The monoisotopic (exact) mass is 666 g/mol. The number of ketones is 1. The SMILES string of the molecule is CC(=O)/C=C/c1ccc(O)c(O)c1.Cc1cc(=O)cc(/C=C/c2ccc(O)c(O)c2)o1.Oc1cc(O)cc(/C=C/c2ccc(O)c(O)c2)c1. The highest BCUT2D eigenvalue weighted by atomic mass is 16.3. The molecule has 0 saturated heterocycles. The van der Waals surface area contributed by atoms with Gasteiger partial charge in [-0.2, -0.15) is 0 Å². The van der Waals surface area contributed by atoms with Crippen LogP contribution in [0.3, 0.4) is 0 Å². The number of allylic oxidation sites excluding steroid dienone is 1. The first-order valence-electron chi connectivity index (χ1n) is 14.4. The zero-order chi connectivity index (χ0) is 36.1. The Labute approximate surface area is 280 Å². The highest BCUT2D eigenvalue weighted by Gasteiger charge is 2.01. The fourth-order valence-corrected chi connectivity index (χ4v) is 3.94. The third-order valence-electron chi connectivity index (χ3n) is 6.25. The molecule has 0 aliphatic heterocycles. The number of aryl methyl sites for hydroxylation is 1. The van der Waals surface area contributed by atoms with Gasteiger partial charge >= 0.3 is 0 Å². The van der Waals surface area contributed by atoms with Crippen LogP contribution < -0.4 is 5.43 Å². The number of carbonyl (C=O) groups excluding carboxylic acids is 1. The van der Waals surface area contributed by atoms with Crippen LogP contribution in [0.4, 0.5) is 0 Å². The number of benzene rings is 4. The minimum Gasteiger partial charge on any atom is -0.508 e. The number of phenols is 8. The number of hydrogen-bond acceptors (Lipinski definition) is 11. The molecular formula is C38H34O11. The average Bonchev–Trinajstić information content (AvgIpc) is 3.02. The molecule has 11 heteroatoms. The van der Waals surface area contributed by atoms with Gasteiger partial charge in [-0.05, 0) is 96.8 Å². The van der Waals surface area contributed by atoms with Crippen molar-refractivity contribution in [2.45, 2.75) is 13.8 Å². The summed E-state index contributed by atoms with van der Waals surface area (Å²) in [5.74, 6) is -0.233. The van der Waals surface area contributed by atoms with Gasteiger partial charge in [0.2, 0.25) is 0 Å². The van der Waals surface area contributed by atoms with Crippen LogP contribution >= 0.6 is 0 Å². The van der Waals surface area contributed by atoms with Gasteiger partial charge in [-0.25, -0.2) is 0 Å². The number of hydrogen-bond donors (Lipinski definition) is 8. The van der Waals surface area contributed by atoms with Crippen LogP contribution in [0.5, 0.6) is 46.0 Å². The van der Waals surface area contributed by atoms with E-state index in [4.69, 9.17) is 24.8 Å². The quantitative estimate of drug-likeness (QED) is 0.0530. The molecule has 0 unspecified atom stereocenters. The Bertz CT molecular complexity index is 2050. The lowest BCUT2D eigenvalue weighted by atomic mass is 10.1. The van der Waals surface area contributed by atoms with Gasteiger partial charge in [0.05, 0.1) is 0 Å². The maximum Gasteiger partial charge on any atom is 0.185 e. The molecule has 8 N–H and O–H groups in total. The molecule has 49 heavy (non-hydrogen) atoms. The molecule has 0 fully saturated rings. The maximum absolute atomic E-state index is 11.3. The van der Waals surface area contributed by atoms with Crippen LogP contribution in [0.2, 0.25) is 0 Å². The van der Waals surface area contributed by atoms with E-state index in [9.17, 15) is 30.0 Å². The molecule has 5 rings (SSSR count). The lowest BCUT2D eigenvalue weighted by Gasteiger charge is -2.00. The first-order valence-corrected chi connectivity index (χ1v) is 14.4. The summed E-state index contributed by atoms with van der Waals surface area (Å²) in [5.41, 5.74) is 2.56. The summed E-state index contributed by atoms with van der Waals surface area (Å²) >= 11 is 0. The van der Waals surface area contributed by atoms with Gasteiger partial charge in [-0.3, -0.25) is 9.59 Å².